The van der Waals surface area contributed by atoms with Crippen LogP contribution in [0, 0.1) is 12.9 Å². The summed E-state index contributed by atoms with van der Waals surface area (Å²) in [5.41, 5.74) is -0.844. The molecule has 0 atom stereocenters. The number of hydrogen-bond donors (Lipinski definition) is 0. The largest absolute Gasteiger partial charge is 0.420 e. The Kier molecular flexibility index (Phi) is 3.10. The van der Waals surface area contributed by atoms with E-state index in [4.69, 9.17) is 0 Å². The Labute approximate surface area is 78.7 Å². The third kappa shape index (κ3) is 2.70. The first-order valence-electron chi connectivity index (χ1n) is 3.72. The summed E-state index contributed by atoms with van der Waals surface area (Å²) in [6.07, 6.45) is -4.53. The molecule has 0 saturated heterocycles. The maximum Gasteiger partial charge on any atom is 0.416 e. The first-order chi connectivity index (χ1) is 6.43. The lowest BCUT2D eigenvalue weighted by Crippen LogP contribution is -2.07. The fraction of sp³-hybridized carbons (Fsp3) is 0.222. The van der Waals surface area contributed by atoms with Gasteiger partial charge in [0.05, 0.1) is 5.56 Å². The fourth-order valence-corrected chi connectivity index (χ4v) is 1.03. The number of rotatable bonds is 2. The van der Waals surface area contributed by atoms with Gasteiger partial charge in [0.15, 0.2) is 0 Å². The predicted octanol–water partition coefficient (Wildman–Crippen LogP) is 2.74. The molecule has 0 spiro atoms. The Morgan fingerprint density at radius 3 is 2.36 bits per heavy atom. The van der Waals surface area contributed by atoms with Crippen molar-refractivity contribution >= 4 is 0 Å². The molecule has 0 aliphatic carbocycles. The van der Waals surface area contributed by atoms with Crippen molar-refractivity contribution in [2.75, 3.05) is 0 Å². The molecular weight excluding hydrogens is 198 g/mol. The SMILES string of the molecule is [CH2-][N]Cc1cc(F)cc(C(F)(F)F)c1. The number of halogens is 4. The Morgan fingerprint density at radius 2 is 1.86 bits per heavy atom. The van der Waals surface area contributed by atoms with E-state index in [0.717, 1.165) is 12.1 Å². The monoisotopic (exact) mass is 205 g/mol. The number of benzene rings is 1. The van der Waals surface area contributed by atoms with E-state index in [0.29, 0.717) is 6.07 Å². The minimum absolute atomic E-state index is 0.0269. The maximum absolute atomic E-state index is 12.7. The van der Waals surface area contributed by atoms with Gasteiger partial charge in [-0.05, 0) is 23.8 Å². The average molecular weight is 205 g/mol. The van der Waals surface area contributed by atoms with Gasteiger partial charge < -0.3 is 5.32 Å². The predicted molar refractivity (Wildman–Crippen MR) is 42.6 cm³/mol. The average Bonchev–Trinajstić information content (AvgIpc) is 2.02. The molecule has 1 aromatic rings. The zero-order valence-electron chi connectivity index (χ0n) is 7.11. The molecule has 14 heavy (non-hydrogen) atoms. The van der Waals surface area contributed by atoms with Crippen molar-refractivity contribution in [3.63, 3.8) is 0 Å². The minimum Gasteiger partial charge on any atom is -0.420 e. The Bertz CT molecular complexity index is 319. The molecule has 0 bridgehead atoms. The summed E-state index contributed by atoms with van der Waals surface area (Å²) in [6.45, 7) is -0.0269. The first-order valence-corrected chi connectivity index (χ1v) is 3.72. The van der Waals surface area contributed by atoms with Gasteiger partial charge in [-0.25, -0.2) is 4.39 Å². The molecule has 0 saturated carbocycles. The molecule has 0 heterocycles. The fourth-order valence-electron chi connectivity index (χ4n) is 1.03. The van der Waals surface area contributed by atoms with Gasteiger partial charge in [0.1, 0.15) is 5.82 Å². The van der Waals surface area contributed by atoms with Crippen molar-refractivity contribution in [2.24, 2.45) is 0 Å². The molecule has 1 radical (unpaired) electrons. The zero-order chi connectivity index (χ0) is 10.8. The second-order valence-corrected chi connectivity index (χ2v) is 2.73. The van der Waals surface area contributed by atoms with Gasteiger partial charge in [-0.2, -0.15) is 13.2 Å². The summed E-state index contributed by atoms with van der Waals surface area (Å²) in [4.78, 5) is 0. The van der Waals surface area contributed by atoms with Crippen molar-refractivity contribution in [1.82, 2.24) is 5.32 Å². The molecule has 1 aromatic carbocycles. The van der Waals surface area contributed by atoms with Gasteiger partial charge in [-0.15, -0.1) is 0 Å². The molecule has 1 nitrogen and oxygen atoms in total. The Hall–Kier alpha value is -1.10. The van der Waals surface area contributed by atoms with Crippen molar-refractivity contribution < 1.29 is 17.6 Å². The summed E-state index contributed by atoms with van der Waals surface area (Å²) in [5.74, 6) is -0.918. The molecule has 0 amide bonds. The van der Waals surface area contributed by atoms with E-state index in [2.05, 4.69) is 12.4 Å². The highest BCUT2D eigenvalue weighted by Gasteiger charge is 2.31. The maximum atomic E-state index is 12.7. The summed E-state index contributed by atoms with van der Waals surface area (Å²) in [5, 5.41) is 3.39. The molecule has 0 aliphatic rings. The van der Waals surface area contributed by atoms with Crippen LogP contribution in [0.3, 0.4) is 0 Å². The molecule has 77 valence electrons. The highest BCUT2D eigenvalue weighted by Crippen LogP contribution is 2.30. The quantitative estimate of drug-likeness (QED) is 0.520. The van der Waals surface area contributed by atoms with Crippen LogP contribution in [0.15, 0.2) is 18.2 Å². The van der Waals surface area contributed by atoms with E-state index in [9.17, 15) is 17.6 Å². The third-order valence-corrected chi connectivity index (χ3v) is 1.58. The van der Waals surface area contributed by atoms with E-state index in [1.807, 2.05) is 0 Å². The molecular formula is C9H7F4N-. The lowest BCUT2D eigenvalue weighted by Gasteiger charge is -2.09. The van der Waals surface area contributed by atoms with Crippen LogP contribution in [0.25, 0.3) is 0 Å². The molecule has 0 fully saturated rings. The Morgan fingerprint density at radius 1 is 1.21 bits per heavy atom. The molecule has 0 unspecified atom stereocenters. The van der Waals surface area contributed by atoms with Crippen molar-refractivity contribution in [3.05, 3.63) is 42.2 Å². The van der Waals surface area contributed by atoms with Crippen LogP contribution >= 0.6 is 0 Å². The van der Waals surface area contributed by atoms with Crippen LogP contribution in [-0.2, 0) is 12.7 Å². The molecule has 1 rings (SSSR count). The number of hydrogen-bond acceptors (Lipinski definition) is 0. The van der Waals surface area contributed by atoms with Crippen LogP contribution < -0.4 is 5.32 Å². The molecule has 5 heteroatoms. The highest BCUT2D eigenvalue weighted by molar-refractivity contribution is 5.26. The normalized spacial score (nSPS) is 11.8. The van der Waals surface area contributed by atoms with Crippen LogP contribution in [0.5, 0.6) is 0 Å². The topological polar surface area (TPSA) is 14.1 Å². The number of alkyl halides is 3. The second-order valence-electron chi connectivity index (χ2n) is 2.73. The minimum atomic E-state index is -4.53. The van der Waals surface area contributed by atoms with E-state index >= 15 is 0 Å². The van der Waals surface area contributed by atoms with Gasteiger partial charge in [0, 0.05) is 6.54 Å². The van der Waals surface area contributed by atoms with Crippen LogP contribution in [0.1, 0.15) is 11.1 Å². The van der Waals surface area contributed by atoms with Crippen LogP contribution in [0.2, 0.25) is 0 Å². The molecule has 0 aliphatic heterocycles. The zero-order valence-corrected chi connectivity index (χ0v) is 7.11. The summed E-state index contributed by atoms with van der Waals surface area (Å²) in [7, 11) is 3.12. The summed E-state index contributed by atoms with van der Waals surface area (Å²) < 4.78 is 49.2. The van der Waals surface area contributed by atoms with E-state index in [-0.39, 0.29) is 12.1 Å². The highest BCUT2D eigenvalue weighted by atomic mass is 19.4. The molecule has 0 N–H and O–H groups in total. The van der Waals surface area contributed by atoms with Crippen molar-refractivity contribution in [3.8, 4) is 0 Å². The van der Waals surface area contributed by atoms with Gasteiger partial charge in [-0.3, -0.25) is 7.05 Å². The Balaban J connectivity index is 3.07. The molecule has 0 aromatic heterocycles. The van der Waals surface area contributed by atoms with Crippen molar-refractivity contribution in [2.45, 2.75) is 12.7 Å². The number of nitrogens with zero attached hydrogens (tertiary/aromatic N) is 1. The van der Waals surface area contributed by atoms with Crippen molar-refractivity contribution in [1.29, 1.82) is 0 Å². The first kappa shape index (κ1) is 11.0. The standard InChI is InChI=1S/C9H7F4N/c1-14-5-6-2-7(9(11,12)13)4-8(10)3-6/h2-4H,1,5H2/q-1. The van der Waals surface area contributed by atoms with Gasteiger partial charge in [-0.1, -0.05) is 0 Å². The van der Waals surface area contributed by atoms with E-state index in [1.54, 1.807) is 0 Å². The van der Waals surface area contributed by atoms with Gasteiger partial charge in [0.25, 0.3) is 0 Å². The summed E-state index contributed by atoms with van der Waals surface area (Å²) >= 11 is 0. The smallest absolute Gasteiger partial charge is 0.416 e. The van der Waals surface area contributed by atoms with E-state index < -0.39 is 17.6 Å². The van der Waals surface area contributed by atoms with E-state index in [1.165, 1.54) is 0 Å². The van der Waals surface area contributed by atoms with Crippen LogP contribution in [0.4, 0.5) is 17.6 Å². The second kappa shape index (κ2) is 3.96. The van der Waals surface area contributed by atoms with Crippen LogP contribution in [-0.4, -0.2) is 0 Å². The summed E-state index contributed by atoms with van der Waals surface area (Å²) in [6, 6.07) is 2.31. The lowest BCUT2D eigenvalue weighted by atomic mass is 10.1. The third-order valence-electron chi connectivity index (χ3n) is 1.58. The lowest BCUT2D eigenvalue weighted by molar-refractivity contribution is -0.137. The van der Waals surface area contributed by atoms with Gasteiger partial charge >= 0.3 is 6.18 Å². The van der Waals surface area contributed by atoms with Gasteiger partial charge in [0.2, 0.25) is 0 Å².